The number of hydrogen-bond donors (Lipinski definition) is 2. The summed E-state index contributed by atoms with van der Waals surface area (Å²) in [6.07, 6.45) is 8.77. The molecule has 0 aliphatic heterocycles. The first-order chi connectivity index (χ1) is 15.1. The molecular formula is C23H17FN6O. The van der Waals surface area contributed by atoms with Crippen LogP contribution in [-0.2, 0) is 0 Å². The van der Waals surface area contributed by atoms with E-state index in [0.717, 1.165) is 22.3 Å². The number of benzene rings is 1. The van der Waals surface area contributed by atoms with Gasteiger partial charge in [-0.05, 0) is 42.8 Å². The summed E-state index contributed by atoms with van der Waals surface area (Å²) < 4.78 is 16.7. The van der Waals surface area contributed by atoms with E-state index in [0.29, 0.717) is 17.1 Å². The summed E-state index contributed by atoms with van der Waals surface area (Å²) in [4.78, 5) is 21.0. The van der Waals surface area contributed by atoms with Crippen molar-refractivity contribution in [2.24, 2.45) is 0 Å². The first kappa shape index (κ1) is 18.7. The quantitative estimate of drug-likeness (QED) is 0.455. The van der Waals surface area contributed by atoms with Gasteiger partial charge in [0.1, 0.15) is 17.3 Å². The predicted octanol–water partition coefficient (Wildman–Crippen LogP) is 4.49. The average molecular weight is 412 g/mol. The van der Waals surface area contributed by atoms with Crippen LogP contribution in [-0.4, -0.2) is 30.5 Å². The van der Waals surface area contributed by atoms with Crippen LogP contribution in [0.25, 0.3) is 28.0 Å². The Balaban J connectivity index is 1.47. The summed E-state index contributed by atoms with van der Waals surface area (Å²) in [5, 5.41) is 9.39. The highest BCUT2D eigenvalue weighted by Gasteiger charge is 2.15. The minimum Gasteiger partial charge on any atom is -0.306 e. The Kier molecular flexibility index (Phi) is 4.51. The molecule has 4 heterocycles. The minimum absolute atomic E-state index is 0.0565. The second-order valence-electron chi connectivity index (χ2n) is 7.15. The maximum atomic E-state index is 14.8. The van der Waals surface area contributed by atoms with Crippen molar-refractivity contribution in [3.05, 3.63) is 90.4 Å². The van der Waals surface area contributed by atoms with Crippen molar-refractivity contribution in [3.63, 3.8) is 0 Å². The molecule has 2 N–H and O–H groups in total. The summed E-state index contributed by atoms with van der Waals surface area (Å²) in [6, 6.07) is 11.8. The van der Waals surface area contributed by atoms with Gasteiger partial charge in [0.15, 0.2) is 0 Å². The fraction of sp³-hybridized carbons (Fsp3) is 0.0435. The smallest absolute Gasteiger partial charge is 0.259 e. The van der Waals surface area contributed by atoms with E-state index < -0.39 is 11.7 Å². The highest BCUT2D eigenvalue weighted by Crippen LogP contribution is 2.26. The molecule has 0 fully saturated rings. The molecular weight excluding hydrogens is 395 g/mol. The Morgan fingerprint density at radius 2 is 1.87 bits per heavy atom. The molecule has 4 aromatic heterocycles. The molecule has 0 saturated heterocycles. The Hall–Kier alpha value is -4.33. The van der Waals surface area contributed by atoms with Crippen molar-refractivity contribution in [1.82, 2.24) is 24.6 Å². The molecule has 5 aromatic rings. The Bertz CT molecular complexity index is 1390. The summed E-state index contributed by atoms with van der Waals surface area (Å²) in [6.45, 7) is 1.90. The highest BCUT2D eigenvalue weighted by atomic mass is 19.1. The van der Waals surface area contributed by atoms with Crippen molar-refractivity contribution in [3.8, 4) is 22.4 Å². The minimum atomic E-state index is -0.622. The second kappa shape index (κ2) is 7.49. The summed E-state index contributed by atoms with van der Waals surface area (Å²) >= 11 is 0. The molecule has 1 aromatic carbocycles. The van der Waals surface area contributed by atoms with E-state index in [1.54, 1.807) is 36.9 Å². The molecule has 8 heteroatoms. The number of H-pyrrole nitrogens is 1. The number of halogens is 1. The molecule has 0 saturated carbocycles. The number of hydrogen-bond acceptors (Lipinski definition) is 4. The predicted molar refractivity (Wildman–Crippen MR) is 115 cm³/mol. The number of nitrogens with one attached hydrogen (secondary N) is 2. The third-order valence-corrected chi connectivity index (χ3v) is 5.00. The number of amides is 1. The molecule has 0 unspecified atom stereocenters. The number of aryl methyl sites for hydroxylation is 1. The maximum absolute atomic E-state index is 14.8. The lowest BCUT2D eigenvalue weighted by Gasteiger charge is -2.08. The monoisotopic (exact) mass is 412 g/mol. The van der Waals surface area contributed by atoms with E-state index in [1.165, 1.54) is 12.1 Å². The van der Waals surface area contributed by atoms with Crippen molar-refractivity contribution < 1.29 is 9.18 Å². The van der Waals surface area contributed by atoms with Gasteiger partial charge < -0.3 is 5.32 Å². The fourth-order valence-electron chi connectivity index (χ4n) is 3.36. The van der Waals surface area contributed by atoms with Crippen molar-refractivity contribution in [2.75, 3.05) is 5.32 Å². The number of rotatable bonds is 4. The standard InChI is InChI=1S/C23H17FN6O/c1-14-2-6-21(25-9-14)29-23(31)18-5-3-15(8-19(18)24)20-12-26-22-7-4-16(13-30(20)22)17-10-27-28-11-17/h2-13H,1H3,(H,27,28)(H,25,29,31). The molecule has 0 aliphatic carbocycles. The maximum Gasteiger partial charge on any atom is 0.259 e. The Morgan fingerprint density at radius 1 is 1.00 bits per heavy atom. The molecule has 0 atom stereocenters. The van der Waals surface area contributed by atoms with Gasteiger partial charge in [0.25, 0.3) is 5.91 Å². The van der Waals surface area contributed by atoms with Crippen LogP contribution >= 0.6 is 0 Å². The van der Waals surface area contributed by atoms with Gasteiger partial charge in [-0.15, -0.1) is 0 Å². The van der Waals surface area contributed by atoms with Gasteiger partial charge in [0, 0.05) is 35.3 Å². The molecule has 0 aliphatic rings. The van der Waals surface area contributed by atoms with E-state index in [9.17, 15) is 9.18 Å². The molecule has 0 bridgehead atoms. The van der Waals surface area contributed by atoms with Gasteiger partial charge in [-0.2, -0.15) is 5.10 Å². The summed E-state index contributed by atoms with van der Waals surface area (Å²) in [5.41, 5.74) is 4.85. The van der Waals surface area contributed by atoms with E-state index in [-0.39, 0.29) is 5.56 Å². The summed E-state index contributed by atoms with van der Waals surface area (Å²) in [7, 11) is 0. The third kappa shape index (κ3) is 3.55. The van der Waals surface area contributed by atoms with E-state index >= 15 is 0 Å². The Labute approximate surface area is 176 Å². The fourth-order valence-corrected chi connectivity index (χ4v) is 3.36. The Morgan fingerprint density at radius 3 is 2.61 bits per heavy atom. The average Bonchev–Trinajstić information content (AvgIpc) is 3.45. The van der Waals surface area contributed by atoms with Crippen LogP contribution in [0.4, 0.5) is 10.2 Å². The molecule has 1 amide bonds. The number of pyridine rings is 2. The van der Waals surface area contributed by atoms with Crippen molar-refractivity contribution in [2.45, 2.75) is 6.92 Å². The number of carbonyl (C=O) groups excluding carboxylic acids is 1. The van der Waals surface area contributed by atoms with Gasteiger partial charge in [-0.1, -0.05) is 12.1 Å². The first-order valence-electron chi connectivity index (χ1n) is 9.59. The zero-order valence-electron chi connectivity index (χ0n) is 16.5. The number of fused-ring (bicyclic) bond motifs is 1. The van der Waals surface area contributed by atoms with E-state index in [2.05, 4.69) is 25.5 Å². The topological polar surface area (TPSA) is 88.0 Å². The number of carbonyl (C=O) groups is 1. The lowest BCUT2D eigenvalue weighted by Crippen LogP contribution is -2.14. The highest BCUT2D eigenvalue weighted by molar-refractivity contribution is 6.04. The van der Waals surface area contributed by atoms with Crippen LogP contribution in [0.3, 0.4) is 0 Å². The van der Waals surface area contributed by atoms with Crippen LogP contribution in [0.2, 0.25) is 0 Å². The van der Waals surface area contributed by atoms with Crippen molar-refractivity contribution >= 4 is 17.4 Å². The zero-order chi connectivity index (χ0) is 21.4. The van der Waals surface area contributed by atoms with Gasteiger partial charge in [0.05, 0.1) is 23.7 Å². The number of aromatic nitrogens is 5. The van der Waals surface area contributed by atoms with Crippen molar-refractivity contribution in [1.29, 1.82) is 0 Å². The van der Waals surface area contributed by atoms with Crippen LogP contribution < -0.4 is 5.32 Å². The van der Waals surface area contributed by atoms with Crippen LogP contribution in [0.1, 0.15) is 15.9 Å². The normalized spacial score (nSPS) is 11.0. The van der Waals surface area contributed by atoms with Gasteiger partial charge >= 0.3 is 0 Å². The number of imidazole rings is 1. The van der Waals surface area contributed by atoms with Gasteiger partial charge in [0.2, 0.25) is 0 Å². The van der Waals surface area contributed by atoms with Gasteiger partial charge in [-0.3, -0.25) is 14.3 Å². The summed E-state index contributed by atoms with van der Waals surface area (Å²) in [5.74, 6) is -0.809. The molecule has 0 radical (unpaired) electrons. The number of aromatic amines is 1. The lowest BCUT2D eigenvalue weighted by molar-refractivity contribution is 0.102. The largest absolute Gasteiger partial charge is 0.306 e. The lowest BCUT2D eigenvalue weighted by atomic mass is 10.1. The molecule has 31 heavy (non-hydrogen) atoms. The van der Waals surface area contributed by atoms with E-state index in [1.807, 2.05) is 35.7 Å². The molecule has 7 nitrogen and oxygen atoms in total. The van der Waals surface area contributed by atoms with E-state index in [4.69, 9.17) is 0 Å². The molecule has 0 spiro atoms. The van der Waals surface area contributed by atoms with Crippen LogP contribution in [0.15, 0.2) is 73.4 Å². The zero-order valence-corrected chi connectivity index (χ0v) is 16.5. The number of nitrogens with zero attached hydrogens (tertiary/aromatic N) is 4. The van der Waals surface area contributed by atoms with Crippen LogP contribution in [0.5, 0.6) is 0 Å². The first-order valence-corrected chi connectivity index (χ1v) is 9.59. The van der Waals surface area contributed by atoms with Gasteiger partial charge in [-0.25, -0.2) is 14.4 Å². The second-order valence-corrected chi connectivity index (χ2v) is 7.15. The third-order valence-electron chi connectivity index (χ3n) is 5.00. The SMILES string of the molecule is Cc1ccc(NC(=O)c2ccc(-c3cnc4ccc(-c5cn[nH]c5)cn34)cc2F)nc1. The van der Waals surface area contributed by atoms with Crippen LogP contribution in [0, 0.1) is 12.7 Å². The number of anilines is 1. The molecule has 5 rings (SSSR count). The molecule has 152 valence electrons.